The minimum Gasteiger partial charge on any atom is -0.497 e. The molecule has 7 nitrogen and oxygen atoms in total. The summed E-state index contributed by atoms with van der Waals surface area (Å²) in [4.78, 5) is 36.1. The number of benzene rings is 1. The first-order valence-electron chi connectivity index (χ1n) is 8.33. The molecule has 0 saturated carbocycles. The molecule has 1 heterocycles. The number of carbonyl (C=O) groups excluding carboxylic acids is 2. The van der Waals surface area contributed by atoms with Crippen molar-refractivity contribution in [3.63, 3.8) is 0 Å². The molecule has 144 valence electrons. The van der Waals surface area contributed by atoms with Gasteiger partial charge in [0.05, 0.1) is 23.9 Å². The van der Waals surface area contributed by atoms with E-state index in [0.717, 1.165) is 0 Å². The molecule has 2 rings (SSSR count). The number of ether oxygens (including phenoxy) is 1. The van der Waals surface area contributed by atoms with Gasteiger partial charge in [-0.25, -0.2) is 0 Å². The first-order valence-corrected chi connectivity index (χ1v) is 9.21. The molecular weight excluding hydrogens is 368 g/mol. The molecule has 0 aliphatic carbocycles. The lowest BCUT2D eigenvalue weighted by Crippen LogP contribution is -2.45. The summed E-state index contributed by atoms with van der Waals surface area (Å²) >= 11 is 1.32. The Morgan fingerprint density at radius 1 is 1.22 bits per heavy atom. The van der Waals surface area contributed by atoms with Gasteiger partial charge in [0, 0.05) is 13.0 Å². The molecule has 8 heteroatoms. The number of hydrogen-bond acceptors (Lipinski definition) is 5. The van der Waals surface area contributed by atoms with Crippen LogP contribution in [0, 0.1) is 0 Å². The smallest absolute Gasteiger partial charge is 0.306 e. The largest absolute Gasteiger partial charge is 0.497 e. The van der Waals surface area contributed by atoms with Gasteiger partial charge in [0.25, 0.3) is 5.91 Å². The van der Waals surface area contributed by atoms with Gasteiger partial charge in [-0.1, -0.05) is 18.2 Å². The lowest BCUT2D eigenvalue weighted by molar-refractivity contribution is -0.139. The van der Waals surface area contributed by atoms with Crippen molar-refractivity contribution in [3.8, 4) is 5.75 Å². The van der Waals surface area contributed by atoms with Crippen molar-refractivity contribution in [3.05, 3.63) is 52.2 Å². The average molecular weight is 390 g/mol. The Kier molecular flexibility index (Phi) is 6.95. The van der Waals surface area contributed by atoms with Gasteiger partial charge >= 0.3 is 5.97 Å². The molecule has 0 bridgehead atoms. The van der Waals surface area contributed by atoms with Gasteiger partial charge in [0.2, 0.25) is 5.91 Å². The SMILES string of the molecule is COc1cccc(C(C)(CC(=O)O)NC(=O)CCNC(=O)c2cccs2)c1. The zero-order chi connectivity index (χ0) is 19.9. The lowest BCUT2D eigenvalue weighted by atomic mass is 9.88. The summed E-state index contributed by atoms with van der Waals surface area (Å²) in [6.45, 7) is 1.81. The van der Waals surface area contributed by atoms with Crippen molar-refractivity contribution in [2.45, 2.75) is 25.3 Å². The van der Waals surface area contributed by atoms with Crippen LogP contribution in [0.5, 0.6) is 5.75 Å². The Bertz CT molecular complexity index is 806. The van der Waals surface area contributed by atoms with Crippen molar-refractivity contribution in [1.82, 2.24) is 10.6 Å². The number of nitrogens with one attached hydrogen (secondary N) is 2. The van der Waals surface area contributed by atoms with Crippen molar-refractivity contribution < 1.29 is 24.2 Å². The third kappa shape index (κ3) is 5.82. The van der Waals surface area contributed by atoms with Crippen LogP contribution in [0.15, 0.2) is 41.8 Å². The van der Waals surface area contributed by atoms with E-state index in [0.29, 0.717) is 16.2 Å². The highest BCUT2D eigenvalue weighted by atomic mass is 32.1. The van der Waals surface area contributed by atoms with Crippen LogP contribution < -0.4 is 15.4 Å². The maximum absolute atomic E-state index is 12.4. The molecule has 27 heavy (non-hydrogen) atoms. The molecule has 2 aromatic rings. The minimum absolute atomic E-state index is 0.0380. The molecule has 3 N–H and O–H groups in total. The van der Waals surface area contributed by atoms with Gasteiger partial charge in [-0.15, -0.1) is 11.3 Å². The van der Waals surface area contributed by atoms with E-state index in [9.17, 15) is 19.5 Å². The van der Waals surface area contributed by atoms with Crippen molar-refractivity contribution >= 4 is 29.1 Å². The summed E-state index contributed by atoms with van der Waals surface area (Å²) in [5.41, 5.74) is -0.477. The zero-order valence-corrected chi connectivity index (χ0v) is 16.0. The topological polar surface area (TPSA) is 105 Å². The minimum atomic E-state index is -1.10. The van der Waals surface area contributed by atoms with Gasteiger partial charge in [-0.05, 0) is 36.1 Å². The Labute approximate surface area is 161 Å². The molecule has 1 aromatic carbocycles. The number of carboxylic acids is 1. The Balaban J connectivity index is 2.00. The zero-order valence-electron chi connectivity index (χ0n) is 15.2. The van der Waals surface area contributed by atoms with Gasteiger partial charge in [0.1, 0.15) is 5.75 Å². The van der Waals surface area contributed by atoms with Crippen LogP contribution in [0.3, 0.4) is 0 Å². The predicted octanol–water partition coefficient (Wildman–Crippen LogP) is 2.38. The van der Waals surface area contributed by atoms with Crippen LogP contribution in [0.25, 0.3) is 0 Å². The average Bonchev–Trinajstić information content (AvgIpc) is 3.15. The highest BCUT2D eigenvalue weighted by Crippen LogP contribution is 2.28. The monoisotopic (exact) mass is 390 g/mol. The molecule has 1 atom stereocenters. The lowest BCUT2D eigenvalue weighted by Gasteiger charge is -2.30. The first-order chi connectivity index (χ1) is 12.8. The molecule has 1 aromatic heterocycles. The quantitative estimate of drug-likeness (QED) is 0.610. The normalized spacial score (nSPS) is 12.7. The molecule has 0 saturated heterocycles. The van der Waals surface area contributed by atoms with Crippen LogP contribution in [-0.2, 0) is 15.1 Å². The standard InChI is InChI=1S/C19H22N2O5S/c1-19(12-17(23)24,13-5-3-6-14(11-13)26-2)21-16(22)8-9-20-18(25)15-7-4-10-27-15/h3-7,10-11H,8-9,12H2,1-2H3,(H,20,25)(H,21,22)(H,23,24). The maximum Gasteiger partial charge on any atom is 0.306 e. The van der Waals surface area contributed by atoms with Gasteiger partial charge in [-0.3, -0.25) is 14.4 Å². The van der Waals surface area contributed by atoms with Crippen LogP contribution in [-0.4, -0.2) is 36.5 Å². The van der Waals surface area contributed by atoms with Crippen LogP contribution in [0.2, 0.25) is 0 Å². The molecule has 0 radical (unpaired) electrons. The fraction of sp³-hybridized carbons (Fsp3) is 0.316. The molecule has 0 spiro atoms. The summed E-state index contributed by atoms with van der Waals surface area (Å²) in [7, 11) is 1.52. The fourth-order valence-corrected chi connectivity index (χ4v) is 3.28. The Morgan fingerprint density at radius 2 is 2.00 bits per heavy atom. The summed E-state index contributed by atoms with van der Waals surface area (Å²) in [5.74, 6) is -1.06. The highest BCUT2D eigenvalue weighted by Gasteiger charge is 2.31. The molecule has 0 aliphatic heterocycles. The number of aliphatic carboxylic acids is 1. The summed E-state index contributed by atoms with van der Waals surface area (Å²) in [6.07, 6.45) is -0.246. The van der Waals surface area contributed by atoms with E-state index in [1.54, 1.807) is 48.7 Å². The second-order valence-corrected chi connectivity index (χ2v) is 7.11. The molecular formula is C19H22N2O5S. The number of carbonyl (C=O) groups is 3. The Hall–Kier alpha value is -2.87. The predicted molar refractivity (Wildman–Crippen MR) is 102 cm³/mol. The van der Waals surface area contributed by atoms with Gasteiger partial charge in [-0.2, -0.15) is 0 Å². The molecule has 0 fully saturated rings. The van der Waals surface area contributed by atoms with E-state index < -0.39 is 11.5 Å². The number of methoxy groups -OCH3 is 1. The molecule has 0 aliphatic rings. The van der Waals surface area contributed by atoms with Crippen molar-refractivity contribution in [1.29, 1.82) is 0 Å². The summed E-state index contributed by atoms with van der Waals surface area (Å²) in [5, 5.41) is 16.5. The van der Waals surface area contributed by atoms with Crippen molar-refractivity contribution in [2.24, 2.45) is 0 Å². The number of hydrogen-bond donors (Lipinski definition) is 3. The summed E-state index contributed by atoms with van der Waals surface area (Å²) < 4.78 is 5.18. The second-order valence-electron chi connectivity index (χ2n) is 6.17. The van der Waals surface area contributed by atoms with Gasteiger partial charge in [0.15, 0.2) is 0 Å². The Morgan fingerprint density at radius 3 is 2.63 bits per heavy atom. The van der Waals surface area contributed by atoms with Crippen LogP contribution in [0.4, 0.5) is 0 Å². The fourth-order valence-electron chi connectivity index (χ4n) is 2.64. The first kappa shape index (κ1) is 20.4. The van der Waals surface area contributed by atoms with E-state index in [-0.39, 0.29) is 31.2 Å². The number of carboxylic acid groups (broad SMARTS) is 1. The van der Waals surface area contributed by atoms with E-state index >= 15 is 0 Å². The van der Waals surface area contributed by atoms with Crippen LogP contribution in [0.1, 0.15) is 35.0 Å². The van der Waals surface area contributed by atoms with Gasteiger partial charge < -0.3 is 20.5 Å². The van der Waals surface area contributed by atoms with Crippen molar-refractivity contribution in [2.75, 3.05) is 13.7 Å². The number of amides is 2. The van der Waals surface area contributed by atoms with E-state index in [1.165, 1.54) is 18.4 Å². The molecule has 2 amide bonds. The second kappa shape index (κ2) is 9.18. The maximum atomic E-state index is 12.4. The number of thiophene rings is 1. The summed E-state index contributed by atoms with van der Waals surface area (Å²) in [6, 6.07) is 10.4. The van der Waals surface area contributed by atoms with E-state index in [1.807, 2.05) is 0 Å². The van der Waals surface area contributed by atoms with E-state index in [2.05, 4.69) is 10.6 Å². The van der Waals surface area contributed by atoms with Crippen LogP contribution >= 0.6 is 11.3 Å². The number of rotatable bonds is 9. The molecule has 1 unspecified atom stereocenters. The van der Waals surface area contributed by atoms with E-state index in [4.69, 9.17) is 4.74 Å². The highest BCUT2D eigenvalue weighted by molar-refractivity contribution is 7.12. The third-order valence-electron chi connectivity index (χ3n) is 4.01. The third-order valence-corrected chi connectivity index (χ3v) is 4.88.